The van der Waals surface area contributed by atoms with Crippen LogP contribution in [0.3, 0.4) is 0 Å². The van der Waals surface area contributed by atoms with E-state index in [0.29, 0.717) is 18.9 Å². The molecule has 0 saturated carbocycles. The number of thiol groups is 1. The van der Waals surface area contributed by atoms with Crippen molar-refractivity contribution in [1.29, 1.82) is 0 Å². The van der Waals surface area contributed by atoms with Crippen molar-refractivity contribution in [2.24, 2.45) is 0 Å². The van der Waals surface area contributed by atoms with Crippen LogP contribution < -0.4 is 5.32 Å². The van der Waals surface area contributed by atoms with Crippen molar-refractivity contribution in [2.45, 2.75) is 19.8 Å². The van der Waals surface area contributed by atoms with Crippen molar-refractivity contribution in [3.05, 3.63) is 0 Å². The average Bonchev–Trinajstić information content (AvgIpc) is 2.01. The van der Waals surface area contributed by atoms with Gasteiger partial charge in [0.25, 0.3) is 0 Å². The van der Waals surface area contributed by atoms with Crippen LogP contribution in [0, 0.1) is 0 Å². The summed E-state index contributed by atoms with van der Waals surface area (Å²) in [5.74, 6) is 0.571. The quantitative estimate of drug-likeness (QED) is 0.492. The van der Waals surface area contributed by atoms with Crippen molar-refractivity contribution in [3.63, 3.8) is 0 Å². The van der Waals surface area contributed by atoms with Gasteiger partial charge in [0.1, 0.15) is 6.61 Å². The van der Waals surface area contributed by atoms with E-state index in [1.54, 1.807) is 0 Å². The smallest absolute Gasteiger partial charge is 0.407 e. The maximum Gasteiger partial charge on any atom is 0.407 e. The highest BCUT2D eigenvalue weighted by atomic mass is 32.1. The third kappa shape index (κ3) is 7.52. The molecule has 0 saturated heterocycles. The second-order valence-electron chi connectivity index (χ2n) is 2.14. The molecule has 0 aliphatic carbocycles. The third-order valence-corrected chi connectivity index (χ3v) is 1.31. The Labute approximate surface area is 72.9 Å². The number of alkyl carbamates (subject to hydrolysis) is 1. The van der Waals surface area contributed by atoms with Gasteiger partial charge in [-0.25, -0.2) is 4.79 Å². The number of unbranched alkanes of at least 4 members (excludes halogenated alkanes) is 1. The summed E-state index contributed by atoms with van der Waals surface area (Å²) < 4.78 is 4.71. The molecule has 3 nitrogen and oxygen atoms in total. The maximum absolute atomic E-state index is 10.7. The lowest BCUT2D eigenvalue weighted by Crippen LogP contribution is -2.25. The number of rotatable bonds is 5. The van der Waals surface area contributed by atoms with Gasteiger partial charge in [-0.1, -0.05) is 13.3 Å². The molecule has 1 N–H and O–H groups in total. The first kappa shape index (κ1) is 10.6. The van der Waals surface area contributed by atoms with E-state index in [4.69, 9.17) is 4.74 Å². The lowest BCUT2D eigenvalue weighted by atomic mass is 10.3. The predicted molar refractivity (Wildman–Crippen MR) is 48.1 cm³/mol. The molecule has 0 unspecified atom stereocenters. The number of carbonyl (C=O) groups is 1. The van der Waals surface area contributed by atoms with Gasteiger partial charge < -0.3 is 10.1 Å². The highest BCUT2D eigenvalue weighted by Gasteiger charge is 1.97. The predicted octanol–water partition coefficient (Wildman–Crippen LogP) is 1.44. The Hall–Kier alpha value is -0.380. The fraction of sp³-hybridized carbons (Fsp3) is 0.857. The molecule has 0 heterocycles. The SMILES string of the molecule is CCCCNC(=O)OCCS. The molecule has 0 aliphatic rings. The number of hydrogen-bond donors (Lipinski definition) is 2. The normalized spacial score (nSPS) is 9.27. The van der Waals surface area contributed by atoms with Gasteiger partial charge in [0.15, 0.2) is 0 Å². The first-order valence-corrected chi connectivity index (χ1v) is 4.46. The Morgan fingerprint density at radius 2 is 2.36 bits per heavy atom. The summed E-state index contributed by atoms with van der Waals surface area (Å²) >= 11 is 3.90. The monoisotopic (exact) mass is 177 g/mol. The first-order valence-electron chi connectivity index (χ1n) is 3.82. The minimum Gasteiger partial charge on any atom is -0.449 e. The number of hydrogen-bond acceptors (Lipinski definition) is 3. The van der Waals surface area contributed by atoms with E-state index in [1.807, 2.05) is 0 Å². The molecule has 0 fully saturated rings. The molecule has 0 aromatic rings. The standard InChI is InChI=1S/C7H15NO2S/c1-2-3-4-8-7(9)10-5-6-11/h11H,2-6H2,1H3,(H,8,9). The van der Waals surface area contributed by atoms with E-state index in [1.165, 1.54) is 0 Å². The number of amides is 1. The first-order chi connectivity index (χ1) is 5.31. The molecule has 66 valence electrons. The van der Waals surface area contributed by atoms with Crippen molar-refractivity contribution in [2.75, 3.05) is 18.9 Å². The third-order valence-electron chi connectivity index (χ3n) is 1.12. The van der Waals surface area contributed by atoms with Crippen LogP contribution in [-0.4, -0.2) is 25.0 Å². The van der Waals surface area contributed by atoms with Crippen LogP contribution in [0.5, 0.6) is 0 Å². The van der Waals surface area contributed by atoms with E-state index in [9.17, 15) is 4.79 Å². The fourth-order valence-corrected chi connectivity index (χ4v) is 0.648. The molecule has 0 atom stereocenters. The fourth-order valence-electron chi connectivity index (χ4n) is 0.557. The van der Waals surface area contributed by atoms with Gasteiger partial charge in [-0.05, 0) is 6.42 Å². The van der Waals surface area contributed by atoms with Gasteiger partial charge >= 0.3 is 6.09 Å². The van der Waals surface area contributed by atoms with Crippen molar-refractivity contribution in [1.82, 2.24) is 5.32 Å². The molecule has 0 aromatic heterocycles. The van der Waals surface area contributed by atoms with Crippen LogP contribution in [0.15, 0.2) is 0 Å². The van der Waals surface area contributed by atoms with Crippen molar-refractivity contribution < 1.29 is 9.53 Å². The van der Waals surface area contributed by atoms with Crippen molar-refractivity contribution >= 4 is 18.7 Å². The summed E-state index contributed by atoms with van der Waals surface area (Å²) in [6.45, 7) is 3.14. The summed E-state index contributed by atoms with van der Waals surface area (Å²) in [6, 6.07) is 0. The summed E-state index contributed by atoms with van der Waals surface area (Å²) in [6.07, 6.45) is 1.73. The summed E-state index contributed by atoms with van der Waals surface area (Å²) in [4.78, 5) is 10.7. The second kappa shape index (κ2) is 7.72. The van der Waals surface area contributed by atoms with Crippen LogP contribution >= 0.6 is 12.6 Å². The van der Waals surface area contributed by atoms with Crippen LogP contribution in [0.2, 0.25) is 0 Å². The zero-order chi connectivity index (χ0) is 8.53. The highest BCUT2D eigenvalue weighted by Crippen LogP contribution is 1.84. The van der Waals surface area contributed by atoms with E-state index in [0.717, 1.165) is 12.8 Å². The summed E-state index contributed by atoms with van der Waals surface area (Å²) in [5, 5.41) is 2.62. The molecular weight excluding hydrogens is 162 g/mol. The Morgan fingerprint density at radius 1 is 1.64 bits per heavy atom. The van der Waals surface area contributed by atoms with Gasteiger partial charge in [0, 0.05) is 12.3 Å². The highest BCUT2D eigenvalue weighted by molar-refractivity contribution is 7.80. The Morgan fingerprint density at radius 3 is 2.91 bits per heavy atom. The van der Waals surface area contributed by atoms with Crippen LogP contribution in [0.1, 0.15) is 19.8 Å². The second-order valence-corrected chi connectivity index (χ2v) is 2.59. The van der Waals surface area contributed by atoms with E-state index in [-0.39, 0.29) is 6.09 Å². The molecule has 0 aromatic carbocycles. The zero-order valence-electron chi connectivity index (χ0n) is 6.80. The van der Waals surface area contributed by atoms with Crippen molar-refractivity contribution in [3.8, 4) is 0 Å². The van der Waals surface area contributed by atoms with E-state index >= 15 is 0 Å². The van der Waals surface area contributed by atoms with Gasteiger partial charge in [-0.2, -0.15) is 12.6 Å². The summed E-state index contributed by atoms with van der Waals surface area (Å²) in [7, 11) is 0. The number of carbonyl (C=O) groups excluding carboxylic acids is 1. The molecule has 1 amide bonds. The van der Waals surface area contributed by atoms with Crippen LogP contribution in [0.25, 0.3) is 0 Å². The molecule has 0 rings (SSSR count). The Bertz CT molecular complexity index is 109. The molecule has 0 radical (unpaired) electrons. The summed E-state index contributed by atoms with van der Waals surface area (Å²) in [5.41, 5.74) is 0. The molecular formula is C7H15NO2S. The number of nitrogens with one attached hydrogen (secondary N) is 1. The topological polar surface area (TPSA) is 38.3 Å². The van der Waals surface area contributed by atoms with Gasteiger partial charge in [-0.3, -0.25) is 0 Å². The Kier molecular flexibility index (Phi) is 7.46. The molecule has 0 bridgehead atoms. The lowest BCUT2D eigenvalue weighted by Gasteiger charge is -2.03. The largest absolute Gasteiger partial charge is 0.449 e. The Balaban J connectivity index is 3.09. The van der Waals surface area contributed by atoms with Crippen LogP contribution in [-0.2, 0) is 4.74 Å². The molecule has 4 heteroatoms. The van der Waals surface area contributed by atoms with E-state index in [2.05, 4.69) is 24.9 Å². The lowest BCUT2D eigenvalue weighted by molar-refractivity contribution is 0.153. The molecule has 0 spiro atoms. The molecule has 0 aliphatic heterocycles. The van der Waals surface area contributed by atoms with Gasteiger partial charge in [0.2, 0.25) is 0 Å². The van der Waals surface area contributed by atoms with E-state index < -0.39 is 0 Å². The van der Waals surface area contributed by atoms with Crippen LogP contribution in [0.4, 0.5) is 4.79 Å². The van der Waals surface area contributed by atoms with Gasteiger partial charge in [-0.15, -0.1) is 0 Å². The minimum atomic E-state index is -0.340. The average molecular weight is 177 g/mol. The van der Waals surface area contributed by atoms with Gasteiger partial charge in [0.05, 0.1) is 0 Å². The number of ether oxygens (including phenoxy) is 1. The minimum absolute atomic E-state index is 0.340. The maximum atomic E-state index is 10.7. The zero-order valence-corrected chi connectivity index (χ0v) is 7.69. The molecule has 11 heavy (non-hydrogen) atoms.